The smallest absolute Gasteiger partial charge is 0.243 e. The summed E-state index contributed by atoms with van der Waals surface area (Å²) in [5, 5.41) is 6.78. The molecule has 33 heavy (non-hydrogen) atoms. The van der Waals surface area contributed by atoms with Crippen molar-refractivity contribution in [2.45, 2.75) is 37.0 Å². The van der Waals surface area contributed by atoms with Gasteiger partial charge in [-0.15, -0.1) is 0 Å². The highest BCUT2D eigenvalue weighted by Gasteiger charge is 2.26. The Hall–Kier alpha value is -3.24. The molecule has 1 N–H and O–H groups in total. The summed E-state index contributed by atoms with van der Waals surface area (Å²) in [6, 6.07) is 13.6. The van der Waals surface area contributed by atoms with Crippen molar-refractivity contribution in [1.29, 1.82) is 0 Å². The number of carbonyl (C=O) groups excluding carboxylic acids is 1. The number of hydrogen-bond donors (Lipinski definition) is 1. The number of hydrogen-bond acceptors (Lipinski definition) is 7. The van der Waals surface area contributed by atoms with Crippen molar-refractivity contribution in [3.05, 3.63) is 54.4 Å². The molecular formula is C23H26N4O5S. The average molecular weight is 471 g/mol. The van der Waals surface area contributed by atoms with Gasteiger partial charge >= 0.3 is 0 Å². The van der Waals surface area contributed by atoms with Crippen LogP contribution in [-0.4, -0.2) is 49.0 Å². The fraction of sp³-hybridized carbons (Fsp3) is 0.348. The van der Waals surface area contributed by atoms with E-state index in [-0.39, 0.29) is 17.2 Å². The molecule has 1 aliphatic heterocycles. The van der Waals surface area contributed by atoms with Crippen LogP contribution in [0.15, 0.2) is 57.9 Å². The van der Waals surface area contributed by atoms with Crippen LogP contribution < -0.4 is 10.1 Å². The van der Waals surface area contributed by atoms with Crippen molar-refractivity contribution in [1.82, 2.24) is 14.4 Å². The average Bonchev–Trinajstić information content (AvgIpc) is 3.53. The van der Waals surface area contributed by atoms with E-state index in [1.54, 1.807) is 19.2 Å². The molecule has 1 saturated heterocycles. The number of nitrogens with zero attached hydrogens (tertiary/aromatic N) is 3. The molecule has 0 atom stereocenters. The van der Waals surface area contributed by atoms with Gasteiger partial charge in [0.15, 0.2) is 0 Å². The number of nitrogens with one attached hydrogen (secondary N) is 1. The zero-order valence-electron chi connectivity index (χ0n) is 18.4. The zero-order valence-corrected chi connectivity index (χ0v) is 19.2. The van der Waals surface area contributed by atoms with E-state index in [4.69, 9.17) is 9.26 Å². The second-order valence-electron chi connectivity index (χ2n) is 7.78. The Morgan fingerprint density at radius 2 is 1.79 bits per heavy atom. The van der Waals surface area contributed by atoms with Gasteiger partial charge < -0.3 is 14.6 Å². The molecule has 1 fully saturated rings. The van der Waals surface area contributed by atoms with E-state index in [2.05, 4.69) is 15.5 Å². The lowest BCUT2D eigenvalue weighted by Gasteiger charge is -2.15. The predicted octanol–water partition coefficient (Wildman–Crippen LogP) is 3.49. The highest BCUT2D eigenvalue weighted by Crippen LogP contribution is 2.23. The maximum atomic E-state index is 12.6. The maximum Gasteiger partial charge on any atom is 0.243 e. The summed E-state index contributed by atoms with van der Waals surface area (Å²) in [6.07, 6.45) is 3.06. The van der Waals surface area contributed by atoms with Crippen LogP contribution in [0.1, 0.15) is 31.6 Å². The van der Waals surface area contributed by atoms with Gasteiger partial charge in [-0.2, -0.15) is 9.29 Å². The Bertz CT molecular complexity index is 1180. The number of methoxy groups -OCH3 is 1. The molecule has 174 valence electrons. The lowest BCUT2D eigenvalue weighted by molar-refractivity contribution is -0.116. The summed E-state index contributed by atoms with van der Waals surface area (Å²) in [6.45, 7) is 1.12. The topological polar surface area (TPSA) is 115 Å². The molecule has 1 amide bonds. The van der Waals surface area contributed by atoms with Crippen LogP contribution in [0.4, 0.5) is 5.69 Å². The van der Waals surface area contributed by atoms with Gasteiger partial charge in [-0.3, -0.25) is 4.79 Å². The number of ether oxygens (including phenoxy) is 1. The Labute approximate surface area is 192 Å². The number of rotatable bonds is 9. The van der Waals surface area contributed by atoms with E-state index in [9.17, 15) is 13.2 Å². The number of carbonyl (C=O) groups is 1. The molecule has 2 aromatic carbocycles. The normalized spacial score (nSPS) is 14.3. The second kappa shape index (κ2) is 10.1. The minimum atomic E-state index is -3.46. The molecule has 0 bridgehead atoms. The third kappa shape index (κ3) is 5.58. The quantitative estimate of drug-likeness (QED) is 0.509. The van der Waals surface area contributed by atoms with Crippen molar-refractivity contribution in [3.8, 4) is 17.1 Å². The summed E-state index contributed by atoms with van der Waals surface area (Å²) < 4.78 is 37.1. The lowest BCUT2D eigenvalue weighted by atomic mass is 10.2. The molecule has 1 aromatic heterocycles. The van der Waals surface area contributed by atoms with E-state index in [1.165, 1.54) is 16.4 Å². The van der Waals surface area contributed by atoms with E-state index >= 15 is 0 Å². The number of anilines is 1. The Balaban J connectivity index is 1.25. The Kier molecular flexibility index (Phi) is 7.05. The molecule has 0 unspecified atom stereocenters. The summed E-state index contributed by atoms with van der Waals surface area (Å²) in [4.78, 5) is 16.9. The number of amides is 1. The first-order valence-electron chi connectivity index (χ1n) is 10.8. The SMILES string of the molecule is COc1ccc(-c2noc(CCCC(=O)Nc3ccc(S(=O)(=O)N4CCCC4)cc3)n2)cc1. The third-order valence-corrected chi connectivity index (χ3v) is 7.36. The Morgan fingerprint density at radius 1 is 1.09 bits per heavy atom. The minimum Gasteiger partial charge on any atom is -0.497 e. The highest BCUT2D eigenvalue weighted by atomic mass is 32.2. The second-order valence-corrected chi connectivity index (χ2v) is 9.72. The van der Waals surface area contributed by atoms with Crippen LogP contribution in [0.3, 0.4) is 0 Å². The van der Waals surface area contributed by atoms with E-state index in [0.29, 0.717) is 43.3 Å². The van der Waals surface area contributed by atoms with E-state index in [1.807, 2.05) is 24.3 Å². The largest absolute Gasteiger partial charge is 0.497 e. The number of aromatic nitrogens is 2. The lowest BCUT2D eigenvalue weighted by Crippen LogP contribution is -2.27. The summed E-state index contributed by atoms with van der Waals surface area (Å²) in [5.41, 5.74) is 1.37. The molecule has 0 spiro atoms. The van der Waals surface area contributed by atoms with Crippen molar-refractivity contribution in [3.63, 3.8) is 0 Å². The summed E-state index contributed by atoms with van der Waals surface area (Å²) in [5.74, 6) is 1.53. The molecule has 4 rings (SSSR count). The van der Waals surface area contributed by atoms with Gasteiger partial charge in [-0.05, 0) is 67.8 Å². The number of aryl methyl sites for hydroxylation is 1. The van der Waals surface area contributed by atoms with Gasteiger partial charge in [0, 0.05) is 37.2 Å². The standard InChI is InChI=1S/C23H26N4O5S/c1-31-19-11-7-17(8-12-19)23-25-22(32-26-23)6-4-5-21(28)24-18-9-13-20(14-10-18)33(29,30)27-15-2-3-16-27/h7-14H,2-6,15-16H2,1H3,(H,24,28). The first-order chi connectivity index (χ1) is 16.0. The fourth-order valence-corrected chi connectivity index (χ4v) is 5.14. The minimum absolute atomic E-state index is 0.167. The number of sulfonamides is 1. The monoisotopic (exact) mass is 470 g/mol. The summed E-state index contributed by atoms with van der Waals surface area (Å²) >= 11 is 0. The van der Waals surface area contributed by atoms with Gasteiger partial charge in [0.05, 0.1) is 12.0 Å². The highest BCUT2D eigenvalue weighted by molar-refractivity contribution is 7.89. The number of benzene rings is 2. The first-order valence-corrected chi connectivity index (χ1v) is 12.3. The first kappa shape index (κ1) is 22.9. The van der Waals surface area contributed by atoms with Gasteiger partial charge in [0.25, 0.3) is 0 Å². The maximum absolute atomic E-state index is 12.6. The molecule has 2 heterocycles. The van der Waals surface area contributed by atoms with Gasteiger partial charge in [0.1, 0.15) is 5.75 Å². The van der Waals surface area contributed by atoms with Crippen LogP contribution in [0.2, 0.25) is 0 Å². The molecule has 0 aliphatic carbocycles. The van der Waals surface area contributed by atoms with Crippen LogP contribution in [0, 0.1) is 0 Å². The van der Waals surface area contributed by atoms with Crippen LogP contribution in [0.25, 0.3) is 11.4 Å². The van der Waals surface area contributed by atoms with E-state index < -0.39 is 10.0 Å². The molecule has 0 saturated carbocycles. The van der Waals surface area contributed by atoms with Crippen LogP contribution >= 0.6 is 0 Å². The zero-order chi connectivity index (χ0) is 23.3. The molecule has 10 heteroatoms. The van der Waals surface area contributed by atoms with Crippen molar-refractivity contribution < 1.29 is 22.5 Å². The Morgan fingerprint density at radius 3 is 2.45 bits per heavy atom. The molecule has 9 nitrogen and oxygen atoms in total. The molecule has 3 aromatic rings. The predicted molar refractivity (Wildman–Crippen MR) is 122 cm³/mol. The van der Waals surface area contributed by atoms with Crippen LogP contribution in [-0.2, 0) is 21.2 Å². The van der Waals surface area contributed by atoms with Gasteiger partial charge in [-0.1, -0.05) is 5.16 Å². The molecular weight excluding hydrogens is 444 g/mol. The third-order valence-electron chi connectivity index (χ3n) is 5.45. The fourth-order valence-electron chi connectivity index (χ4n) is 3.63. The van der Waals surface area contributed by atoms with Crippen molar-refractivity contribution >= 4 is 21.6 Å². The molecule has 1 aliphatic rings. The van der Waals surface area contributed by atoms with Crippen molar-refractivity contribution in [2.75, 3.05) is 25.5 Å². The van der Waals surface area contributed by atoms with Crippen molar-refractivity contribution in [2.24, 2.45) is 0 Å². The van der Waals surface area contributed by atoms with E-state index in [0.717, 1.165) is 24.2 Å². The molecule has 0 radical (unpaired) electrons. The van der Waals surface area contributed by atoms with Crippen LogP contribution in [0.5, 0.6) is 5.75 Å². The summed E-state index contributed by atoms with van der Waals surface area (Å²) in [7, 11) is -1.86. The van der Waals surface area contributed by atoms with Gasteiger partial charge in [0.2, 0.25) is 27.6 Å². The van der Waals surface area contributed by atoms with Gasteiger partial charge in [-0.25, -0.2) is 8.42 Å².